The smallest absolute Gasteiger partial charge is 0.194 e. The molecule has 2 N–H and O–H groups in total. The van der Waals surface area contributed by atoms with Crippen molar-refractivity contribution in [1.29, 1.82) is 0 Å². The molecule has 0 radical (unpaired) electrons. The molecule has 7 heteroatoms. The highest BCUT2D eigenvalue weighted by Gasteiger charge is 2.16. The van der Waals surface area contributed by atoms with E-state index in [0.29, 0.717) is 0 Å². The van der Waals surface area contributed by atoms with Gasteiger partial charge in [0.1, 0.15) is 0 Å². The number of aliphatic imine (C=N–C) groups is 1. The molecule has 6 nitrogen and oxygen atoms in total. The van der Waals surface area contributed by atoms with Crippen LogP contribution in [0.5, 0.6) is 0 Å². The summed E-state index contributed by atoms with van der Waals surface area (Å²) in [6.07, 6.45) is 4.83. The normalized spacial score (nSPS) is 17.1. The second-order valence-electron chi connectivity index (χ2n) is 6.78. The molecule has 1 fully saturated rings. The minimum atomic E-state index is -0.0965. The Labute approximate surface area is 160 Å². The van der Waals surface area contributed by atoms with E-state index in [1.807, 2.05) is 0 Å². The van der Waals surface area contributed by atoms with Gasteiger partial charge in [0.05, 0.1) is 12.6 Å². The minimum Gasteiger partial charge on any atom is -0.393 e. The van der Waals surface area contributed by atoms with Gasteiger partial charge in [0.15, 0.2) is 5.96 Å². The van der Waals surface area contributed by atoms with Crippen molar-refractivity contribution in [2.24, 2.45) is 12.0 Å². The molecule has 1 aromatic rings. The molecule has 0 bridgehead atoms. The van der Waals surface area contributed by atoms with E-state index in [1.165, 1.54) is 5.69 Å². The highest BCUT2D eigenvalue weighted by atomic mass is 79.9. The molecular weight excluding hydrogens is 382 g/mol. The molecule has 0 aliphatic carbocycles. The lowest BCUT2D eigenvalue weighted by molar-refractivity contribution is 0.0824. The SMILES string of the molecule is CCNC(=NCCCN1CCC(O)CC1)N(C)Cc1cc(Br)cn1C. The van der Waals surface area contributed by atoms with Crippen LogP contribution >= 0.6 is 15.9 Å². The molecule has 1 aromatic heterocycles. The maximum absolute atomic E-state index is 9.57. The fraction of sp³-hybridized carbons (Fsp3) is 0.722. The van der Waals surface area contributed by atoms with Gasteiger partial charge in [-0.05, 0) is 54.7 Å². The van der Waals surface area contributed by atoms with E-state index in [-0.39, 0.29) is 6.10 Å². The number of nitrogens with one attached hydrogen (secondary N) is 1. The Morgan fingerprint density at radius 1 is 1.44 bits per heavy atom. The molecule has 1 aliphatic rings. The summed E-state index contributed by atoms with van der Waals surface area (Å²) in [7, 11) is 4.14. The van der Waals surface area contributed by atoms with Crippen molar-refractivity contribution in [3.8, 4) is 0 Å². The molecule has 1 aliphatic heterocycles. The molecule has 142 valence electrons. The predicted octanol–water partition coefficient (Wildman–Crippen LogP) is 2.03. The van der Waals surface area contributed by atoms with Crippen molar-refractivity contribution in [2.45, 2.75) is 38.8 Å². The largest absolute Gasteiger partial charge is 0.393 e. The van der Waals surface area contributed by atoms with Crippen molar-refractivity contribution in [1.82, 2.24) is 19.7 Å². The number of hydrogen-bond acceptors (Lipinski definition) is 3. The van der Waals surface area contributed by atoms with Gasteiger partial charge in [-0.15, -0.1) is 0 Å². The summed E-state index contributed by atoms with van der Waals surface area (Å²) in [5, 5.41) is 12.9. The molecule has 0 amide bonds. The highest BCUT2D eigenvalue weighted by molar-refractivity contribution is 9.10. The van der Waals surface area contributed by atoms with E-state index in [9.17, 15) is 5.11 Å². The maximum Gasteiger partial charge on any atom is 0.194 e. The second-order valence-corrected chi connectivity index (χ2v) is 7.69. The van der Waals surface area contributed by atoms with Crippen molar-refractivity contribution >= 4 is 21.9 Å². The van der Waals surface area contributed by atoms with Crippen molar-refractivity contribution in [3.05, 3.63) is 22.4 Å². The Bertz CT molecular complexity index is 552. The number of rotatable bonds is 7. The first-order chi connectivity index (χ1) is 12.0. The average Bonchev–Trinajstić information content (AvgIpc) is 2.89. The van der Waals surface area contributed by atoms with E-state index in [0.717, 1.165) is 69.0 Å². The maximum atomic E-state index is 9.57. The first-order valence-electron chi connectivity index (χ1n) is 9.20. The number of aromatic nitrogens is 1. The zero-order valence-corrected chi connectivity index (χ0v) is 17.3. The van der Waals surface area contributed by atoms with Crippen LogP contribution in [0.3, 0.4) is 0 Å². The standard InChI is InChI=1S/C18H32BrN5O/c1-4-20-18(23(3)14-16-12-15(19)13-22(16)2)21-8-5-9-24-10-6-17(25)7-11-24/h12-13,17,25H,4-11,14H2,1-3H3,(H,20,21). The van der Waals surface area contributed by atoms with Gasteiger partial charge in [0.25, 0.3) is 0 Å². The summed E-state index contributed by atoms with van der Waals surface area (Å²) in [5.74, 6) is 0.953. The van der Waals surface area contributed by atoms with E-state index < -0.39 is 0 Å². The van der Waals surface area contributed by atoms with Gasteiger partial charge in [-0.1, -0.05) is 0 Å². The van der Waals surface area contributed by atoms with Crippen molar-refractivity contribution in [3.63, 3.8) is 0 Å². The summed E-state index contributed by atoms with van der Waals surface area (Å²) < 4.78 is 3.24. The predicted molar refractivity (Wildman–Crippen MR) is 107 cm³/mol. The molecule has 0 aromatic carbocycles. The van der Waals surface area contributed by atoms with Gasteiger partial charge >= 0.3 is 0 Å². The van der Waals surface area contributed by atoms with E-state index in [1.54, 1.807) is 0 Å². The summed E-state index contributed by atoms with van der Waals surface area (Å²) in [4.78, 5) is 9.38. The summed E-state index contributed by atoms with van der Waals surface area (Å²) in [6.45, 7) is 7.68. The van der Waals surface area contributed by atoms with Crippen molar-refractivity contribution in [2.75, 3.05) is 39.8 Å². The average molecular weight is 414 g/mol. The molecule has 0 spiro atoms. The monoisotopic (exact) mass is 413 g/mol. The molecule has 0 atom stereocenters. The fourth-order valence-corrected chi connectivity index (χ4v) is 3.70. The molecule has 0 unspecified atom stereocenters. The fourth-order valence-electron chi connectivity index (χ4n) is 3.13. The molecular formula is C18H32BrN5O. The van der Waals surface area contributed by atoms with Crippen LogP contribution in [0.4, 0.5) is 0 Å². The van der Waals surface area contributed by atoms with E-state index >= 15 is 0 Å². The van der Waals surface area contributed by atoms with Crippen LogP contribution in [-0.2, 0) is 13.6 Å². The van der Waals surface area contributed by atoms with Gasteiger partial charge < -0.3 is 24.8 Å². The third-order valence-corrected chi connectivity index (χ3v) is 5.05. The van der Waals surface area contributed by atoms with Crippen LogP contribution in [0, 0.1) is 0 Å². The lowest BCUT2D eigenvalue weighted by Crippen LogP contribution is -2.39. The second kappa shape index (κ2) is 10.2. The van der Waals surface area contributed by atoms with Gasteiger partial charge in [-0.3, -0.25) is 4.99 Å². The van der Waals surface area contributed by atoms with Crippen molar-refractivity contribution < 1.29 is 5.11 Å². The van der Waals surface area contributed by atoms with Gasteiger partial charge in [-0.25, -0.2) is 0 Å². The highest BCUT2D eigenvalue weighted by Crippen LogP contribution is 2.15. The van der Waals surface area contributed by atoms with Crippen LogP contribution in [0.25, 0.3) is 0 Å². The Balaban J connectivity index is 1.81. The first kappa shape index (κ1) is 20.3. The quantitative estimate of drug-likeness (QED) is 0.407. The summed E-state index contributed by atoms with van der Waals surface area (Å²) in [5.41, 5.74) is 1.24. The van der Waals surface area contributed by atoms with E-state index in [2.05, 4.69) is 68.9 Å². The van der Waals surface area contributed by atoms with Crippen LogP contribution in [-0.4, -0.2) is 71.3 Å². The number of aliphatic hydroxyl groups is 1. The summed E-state index contributed by atoms with van der Waals surface area (Å²) >= 11 is 3.53. The Morgan fingerprint density at radius 3 is 2.76 bits per heavy atom. The number of guanidine groups is 1. The topological polar surface area (TPSA) is 56.0 Å². The lowest BCUT2D eigenvalue weighted by Gasteiger charge is -2.29. The Kier molecular flexibility index (Phi) is 8.26. The molecule has 2 heterocycles. The number of nitrogens with zero attached hydrogens (tertiary/aromatic N) is 4. The third-order valence-electron chi connectivity index (χ3n) is 4.62. The number of piperidine rings is 1. The number of hydrogen-bond donors (Lipinski definition) is 2. The van der Waals surface area contributed by atoms with Gasteiger partial charge in [-0.2, -0.15) is 0 Å². The Morgan fingerprint density at radius 2 is 2.16 bits per heavy atom. The van der Waals surface area contributed by atoms with Crippen LogP contribution in [0.2, 0.25) is 0 Å². The summed E-state index contributed by atoms with van der Waals surface area (Å²) in [6, 6.07) is 2.14. The molecule has 1 saturated heterocycles. The number of aliphatic hydroxyl groups excluding tert-OH is 1. The van der Waals surface area contributed by atoms with Gasteiger partial charge in [0, 0.05) is 56.6 Å². The van der Waals surface area contributed by atoms with Crippen LogP contribution in [0.1, 0.15) is 31.9 Å². The van der Waals surface area contributed by atoms with Gasteiger partial charge in [0.2, 0.25) is 0 Å². The molecule has 0 saturated carbocycles. The number of aryl methyl sites for hydroxylation is 1. The Hall–Kier alpha value is -1.05. The third kappa shape index (κ3) is 6.64. The number of likely N-dealkylation sites (tertiary alicyclic amines) is 1. The van der Waals surface area contributed by atoms with Crippen LogP contribution in [0.15, 0.2) is 21.7 Å². The minimum absolute atomic E-state index is 0.0965. The molecule has 2 rings (SSSR count). The zero-order valence-electron chi connectivity index (χ0n) is 15.7. The zero-order chi connectivity index (χ0) is 18.2. The number of halogens is 1. The van der Waals surface area contributed by atoms with E-state index in [4.69, 9.17) is 4.99 Å². The first-order valence-corrected chi connectivity index (χ1v) is 9.99. The lowest BCUT2D eigenvalue weighted by atomic mass is 10.1. The molecule has 25 heavy (non-hydrogen) atoms. The van der Waals surface area contributed by atoms with Crippen LogP contribution < -0.4 is 5.32 Å².